The van der Waals surface area contributed by atoms with Crippen molar-refractivity contribution in [1.29, 1.82) is 0 Å². The van der Waals surface area contributed by atoms with E-state index in [1.54, 1.807) is 0 Å². The molecule has 0 bridgehead atoms. The van der Waals surface area contributed by atoms with Gasteiger partial charge in [-0.2, -0.15) is 26.3 Å². The molecular weight excluding hydrogens is 535 g/mol. The maximum absolute atomic E-state index is 13.6. The highest BCUT2D eigenvalue weighted by atomic mass is 29.3. The van der Waals surface area contributed by atoms with Crippen LogP contribution in [0, 0.1) is 0 Å². The number of halogens is 6. The monoisotopic (exact) mass is 568 g/mol. The second kappa shape index (κ2) is 10.9. The van der Waals surface area contributed by atoms with Crippen molar-refractivity contribution in [3.05, 3.63) is 84.9 Å². The first-order chi connectivity index (χ1) is 17.1. The summed E-state index contributed by atoms with van der Waals surface area (Å²) in [6.45, 7) is 8.10. The Kier molecular flexibility index (Phi) is 8.71. The van der Waals surface area contributed by atoms with E-state index in [-0.39, 0.29) is 12.1 Å². The Balaban J connectivity index is 2.15. The zero-order valence-corrected chi connectivity index (χ0v) is 24.7. The standard InChI is InChI=1S/C28H34F6Si3/c1-35(2,21-19-27(29,30)31)23-15-17-24(18-16-23)36(3,22-20-28(32,33)34)37(4,25-11-7-5-8-12-25)26-13-9-6-10-14-26/h5-18H,19-22H2,1-4H3. The molecule has 0 N–H and O–H groups in total. The average Bonchev–Trinajstić information content (AvgIpc) is 2.86. The van der Waals surface area contributed by atoms with E-state index < -0.39 is 48.5 Å². The molecule has 37 heavy (non-hydrogen) atoms. The second-order valence-corrected chi connectivity index (χ2v) is 29.2. The molecule has 3 aromatic carbocycles. The van der Waals surface area contributed by atoms with Crippen molar-refractivity contribution < 1.29 is 26.3 Å². The van der Waals surface area contributed by atoms with Gasteiger partial charge in [-0.15, -0.1) is 0 Å². The fourth-order valence-corrected chi connectivity index (χ4v) is 22.9. The summed E-state index contributed by atoms with van der Waals surface area (Å²) in [7, 11) is -7.91. The molecule has 0 fully saturated rings. The highest BCUT2D eigenvalue weighted by Crippen LogP contribution is 2.32. The van der Waals surface area contributed by atoms with Crippen LogP contribution in [0.15, 0.2) is 84.9 Å². The first-order valence-electron chi connectivity index (χ1n) is 12.4. The molecule has 0 aliphatic rings. The Bertz CT molecular complexity index is 1100. The smallest absolute Gasteiger partial charge is 0.171 e. The van der Waals surface area contributed by atoms with Crippen LogP contribution in [0.1, 0.15) is 12.8 Å². The Morgan fingerprint density at radius 2 is 0.865 bits per heavy atom. The molecule has 9 heteroatoms. The average molecular weight is 569 g/mol. The van der Waals surface area contributed by atoms with Crippen LogP contribution in [0.5, 0.6) is 0 Å². The van der Waals surface area contributed by atoms with Gasteiger partial charge in [-0.05, 0) is 12.1 Å². The summed E-state index contributed by atoms with van der Waals surface area (Å²) < 4.78 is 79.6. The molecule has 0 saturated carbocycles. The van der Waals surface area contributed by atoms with Crippen molar-refractivity contribution in [2.45, 2.75) is 63.5 Å². The van der Waals surface area contributed by atoms with Crippen molar-refractivity contribution in [3.8, 4) is 0 Å². The first-order valence-corrected chi connectivity index (χ1v) is 21.9. The molecule has 0 aromatic heterocycles. The second-order valence-electron chi connectivity index (χ2n) is 10.9. The van der Waals surface area contributed by atoms with E-state index in [4.69, 9.17) is 0 Å². The summed E-state index contributed by atoms with van der Waals surface area (Å²) in [5.74, 6) is 0. The summed E-state index contributed by atoms with van der Waals surface area (Å²) in [6, 6.07) is 27.5. The summed E-state index contributed by atoms with van der Waals surface area (Å²) in [5, 5.41) is 4.03. The van der Waals surface area contributed by atoms with Gasteiger partial charge in [0.25, 0.3) is 0 Å². The lowest BCUT2D eigenvalue weighted by Crippen LogP contribution is -2.78. The van der Waals surface area contributed by atoms with Crippen molar-refractivity contribution >= 4 is 44.0 Å². The maximum Gasteiger partial charge on any atom is 0.388 e. The zero-order valence-electron chi connectivity index (χ0n) is 21.7. The van der Waals surface area contributed by atoms with Gasteiger partial charge >= 0.3 is 12.4 Å². The molecule has 3 rings (SSSR count). The van der Waals surface area contributed by atoms with Crippen molar-refractivity contribution in [1.82, 2.24) is 0 Å². The molecule has 0 heterocycles. The Labute approximate surface area is 218 Å². The molecule has 0 saturated heterocycles. The van der Waals surface area contributed by atoms with E-state index in [1.807, 2.05) is 98.0 Å². The molecule has 0 amide bonds. The predicted octanol–water partition coefficient (Wildman–Crippen LogP) is 6.76. The van der Waals surface area contributed by atoms with Gasteiger partial charge in [0.05, 0.1) is 15.7 Å². The number of alkyl halides is 6. The highest BCUT2D eigenvalue weighted by molar-refractivity contribution is 7.55. The number of benzene rings is 3. The zero-order chi connectivity index (χ0) is 27.5. The van der Waals surface area contributed by atoms with Gasteiger partial charge in [-0.1, -0.05) is 132 Å². The fourth-order valence-electron chi connectivity index (χ4n) is 5.31. The van der Waals surface area contributed by atoms with Gasteiger partial charge in [0.15, 0.2) is 0 Å². The van der Waals surface area contributed by atoms with Gasteiger partial charge in [0.2, 0.25) is 0 Å². The van der Waals surface area contributed by atoms with Crippen LogP contribution < -0.4 is 20.7 Å². The van der Waals surface area contributed by atoms with Crippen LogP contribution >= 0.6 is 0 Å². The molecule has 0 aliphatic heterocycles. The van der Waals surface area contributed by atoms with Gasteiger partial charge in [0.1, 0.15) is 7.59 Å². The van der Waals surface area contributed by atoms with Gasteiger partial charge < -0.3 is 0 Å². The molecule has 0 nitrogen and oxygen atoms in total. The van der Waals surface area contributed by atoms with E-state index >= 15 is 0 Å². The summed E-state index contributed by atoms with van der Waals surface area (Å²) in [6.07, 6.45) is -10.2. The highest BCUT2D eigenvalue weighted by Gasteiger charge is 2.53. The van der Waals surface area contributed by atoms with E-state index in [2.05, 4.69) is 13.1 Å². The molecule has 1 atom stereocenters. The quantitative estimate of drug-likeness (QED) is 0.198. The summed E-state index contributed by atoms with van der Waals surface area (Å²) in [5.41, 5.74) is 0. The lowest BCUT2D eigenvalue weighted by molar-refractivity contribution is -0.131. The van der Waals surface area contributed by atoms with Crippen LogP contribution in [0.25, 0.3) is 0 Å². The topological polar surface area (TPSA) is 0 Å². The van der Waals surface area contributed by atoms with Crippen LogP contribution in [0.4, 0.5) is 26.3 Å². The van der Waals surface area contributed by atoms with Crippen LogP contribution in [0.2, 0.25) is 38.3 Å². The lowest BCUT2D eigenvalue weighted by atomic mass is 10.4. The fraction of sp³-hybridized carbons (Fsp3) is 0.357. The van der Waals surface area contributed by atoms with Crippen molar-refractivity contribution in [3.63, 3.8) is 0 Å². The Morgan fingerprint density at radius 1 is 0.486 bits per heavy atom. The minimum Gasteiger partial charge on any atom is -0.171 e. The van der Waals surface area contributed by atoms with Gasteiger partial charge in [-0.3, -0.25) is 0 Å². The van der Waals surface area contributed by atoms with Crippen LogP contribution in [-0.4, -0.2) is 35.6 Å². The summed E-state index contributed by atoms with van der Waals surface area (Å²) in [4.78, 5) is 0. The van der Waals surface area contributed by atoms with Gasteiger partial charge in [-0.25, -0.2) is 0 Å². The third kappa shape index (κ3) is 6.86. The predicted molar refractivity (Wildman–Crippen MR) is 150 cm³/mol. The first kappa shape index (κ1) is 29.4. The van der Waals surface area contributed by atoms with E-state index in [1.165, 1.54) is 0 Å². The van der Waals surface area contributed by atoms with Crippen molar-refractivity contribution in [2.24, 2.45) is 0 Å². The molecular formula is C28H34F6Si3. The molecule has 0 aliphatic carbocycles. The van der Waals surface area contributed by atoms with Crippen molar-refractivity contribution in [2.75, 3.05) is 0 Å². The molecule has 0 radical (unpaired) electrons. The number of hydrogen-bond donors (Lipinski definition) is 0. The minimum atomic E-state index is -4.27. The molecule has 3 aromatic rings. The SMILES string of the molecule is C[Si](C)(CCC(F)(F)F)c1ccc([Si](C)(CCC(F)(F)F)[Si](C)(c2ccccc2)c2ccccc2)cc1. The maximum atomic E-state index is 13.6. The Hall–Kier alpha value is -2.11. The van der Waals surface area contributed by atoms with E-state index in [0.717, 1.165) is 20.7 Å². The molecule has 200 valence electrons. The lowest BCUT2D eigenvalue weighted by Gasteiger charge is -2.45. The largest absolute Gasteiger partial charge is 0.388 e. The third-order valence-electron chi connectivity index (χ3n) is 8.05. The Morgan fingerprint density at radius 3 is 1.27 bits per heavy atom. The summed E-state index contributed by atoms with van der Waals surface area (Å²) >= 11 is 0. The minimum absolute atomic E-state index is 0.0528. The van der Waals surface area contributed by atoms with E-state index in [0.29, 0.717) is 0 Å². The number of hydrogen-bond acceptors (Lipinski definition) is 0. The van der Waals surface area contributed by atoms with E-state index in [9.17, 15) is 26.3 Å². The third-order valence-corrected chi connectivity index (χ3v) is 29.5. The normalized spacial score (nSPS) is 14.9. The van der Waals surface area contributed by atoms with Crippen LogP contribution in [0.3, 0.4) is 0 Å². The molecule has 0 spiro atoms. The number of rotatable bonds is 9. The molecule has 1 unspecified atom stereocenters. The van der Waals surface area contributed by atoms with Crippen LogP contribution in [-0.2, 0) is 0 Å². The van der Waals surface area contributed by atoms with Gasteiger partial charge in [0, 0.05) is 12.8 Å².